The summed E-state index contributed by atoms with van der Waals surface area (Å²) in [5.74, 6) is 0.708. The second-order valence-corrected chi connectivity index (χ2v) is 3.85. The van der Waals surface area contributed by atoms with Gasteiger partial charge in [-0.1, -0.05) is 18.2 Å². The minimum atomic E-state index is 0.364. The van der Waals surface area contributed by atoms with Crippen LogP contribution in [0.2, 0.25) is 0 Å². The van der Waals surface area contributed by atoms with Crippen LogP contribution < -0.4 is 10.5 Å². The second kappa shape index (κ2) is 4.93. The average molecular weight is 229 g/mol. The predicted molar refractivity (Wildman–Crippen MR) is 65.9 cm³/mol. The molecule has 17 heavy (non-hydrogen) atoms. The molecule has 0 aliphatic heterocycles. The summed E-state index contributed by atoms with van der Waals surface area (Å²) >= 11 is 0. The first-order valence-electron chi connectivity index (χ1n) is 5.47. The Morgan fingerprint density at radius 3 is 2.41 bits per heavy atom. The monoisotopic (exact) mass is 229 g/mol. The van der Waals surface area contributed by atoms with E-state index in [1.807, 2.05) is 44.2 Å². The highest BCUT2D eigenvalue weighted by Gasteiger charge is 2.05. The fraction of sp³-hybridized carbons (Fsp3) is 0.231. The zero-order valence-electron chi connectivity index (χ0n) is 9.97. The van der Waals surface area contributed by atoms with Crippen LogP contribution in [0.4, 0.5) is 0 Å². The lowest BCUT2D eigenvalue weighted by Crippen LogP contribution is -2.01. The average Bonchev–Trinajstić information content (AvgIpc) is 2.28. The van der Waals surface area contributed by atoms with Crippen molar-refractivity contribution in [1.29, 1.82) is 0 Å². The van der Waals surface area contributed by atoms with E-state index in [1.165, 1.54) is 0 Å². The number of nitrogens with zero attached hydrogens (tertiary/aromatic N) is 2. The number of aromatic nitrogens is 2. The molecule has 1 heterocycles. The Kier molecular flexibility index (Phi) is 3.35. The standard InChI is InChI=1S/C13H15N3O/c1-9-7-10(2)16-13(15-9)17-12-6-4-3-5-11(12)8-14/h3-7H,8,14H2,1-2H3. The molecule has 1 aromatic heterocycles. The van der Waals surface area contributed by atoms with Gasteiger partial charge in [-0.2, -0.15) is 0 Å². The van der Waals surface area contributed by atoms with Crippen molar-refractivity contribution in [1.82, 2.24) is 9.97 Å². The van der Waals surface area contributed by atoms with E-state index in [1.54, 1.807) is 0 Å². The van der Waals surface area contributed by atoms with E-state index in [4.69, 9.17) is 10.5 Å². The maximum atomic E-state index is 5.66. The number of para-hydroxylation sites is 1. The van der Waals surface area contributed by atoms with Crippen molar-refractivity contribution in [3.63, 3.8) is 0 Å². The highest BCUT2D eigenvalue weighted by atomic mass is 16.5. The molecule has 0 aliphatic carbocycles. The molecular weight excluding hydrogens is 214 g/mol. The molecule has 2 aromatic rings. The van der Waals surface area contributed by atoms with Crippen LogP contribution in [-0.4, -0.2) is 9.97 Å². The Labute approximate surface area is 100 Å². The van der Waals surface area contributed by atoms with Gasteiger partial charge in [0.15, 0.2) is 0 Å². The third-order valence-corrected chi connectivity index (χ3v) is 2.36. The van der Waals surface area contributed by atoms with Crippen LogP contribution in [-0.2, 0) is 6.54 Å². The van der Waals surface area contributed by atoms with Crippen molar-refractivity contribution >= 4 is 0 Å². The van der Waals surface area contributed by atoms with Crippen LogP contribution >= 0.6 is 0 Å². The molecule has 0 unspecified atom stereocenters. The zero-order chi connectivity index (χ0) is 12.3. The van der Waals surface area contributed by atoms with Crippen LogP contribution in [0.1, 0.15) is 17.0 Å². The van der Waals surface area contributed by atoms with E-state index in [9.17, 15) is 0 Å². The number of nitrogens with two attached hydrogens (primary N) is 1. The van der Waals surface area contributed by atoms with Gasteiger partial charge in [-0.15, -0.1) is 0 Å². The number of hydrogen-bond acceptors (Lipinski definition) is 4. The summed E-state index contributed by atoms with van der Waals surface area (Å²) in [6.07, 6.45) is 0. The third kappa shape index (κ3) is 2.79. The minimum absolute atomic E-state index is 0.364. The Bertz CT molecular complexity index is 506. The molecule has 88 valence electrons. The summed E-state index contributed by atoms with van der Waals surface area (Å²) in [7, 11) is 0. The van der Waals surface area contributed by atoms with E-state index >= 15 is 0 Å². The maximum absolute atomic E-state index is 5.66. The third-order valence-electron chi connectivity index (χ3n) is 2.36. The largest absolute Gasteiger partial charge is 0.424 e. The SMILES string of the molecule is Cc1cc(C)nc(Oc2ccccc2CN)n1. The predicted octanol–water partition coefficient (Wildman–Crippen LogP) is 2.34. The van der Waals surface area contributed by atoms with Crippen LogP contribution in [0.5, 0.6) is 11.8 Å². The lowest BCUT2D eigenvalue weighted by atomic mass is 10.2. The molecule has 1 aromatic carbocycles. The molecule has 4 nitrogen and oxygen atoms in total. The molecule has 4 heteroatoms. The van der Waals surface area contributed by atoms with E-state index in [0.717, 1.165) is 17.0 Å². The molecule has 2 rings (SSSR count). The van der Waals surface area contributed by atoms with E-state index in [0.29, 0.717) is 18.3 Å². The molecule has 0 saturated carbocycles. The van der Waals surface area contributed by atoms with Crippen molar-refractivity contribution < 1.29 is 4.74 Å². The first-order valence-corrected chi connectivity index (χ1v) is 5.47. The van der Waals surface area contributed by atoms with Crippen LogP contribution in [0.3, 0.4) is 0 Å². The van der Waals surface area contributed by atoms with E-state index < -0.39 is 0 Å². The minimum Gasteiger partial charge on any atom is -0.424 e. The van der Waals surface area contributed by atoms with Crippen LogP contribution in [0.25, 0.3) is 0 Å². The van der Waals surface area contributed by atoms with Crippen LogP contribution in [0.15, 0.2) is 30.3 Å². The van der Waals surface area contributed by atoms with Gasteiger partial charge in [0.2, 0.25) is 0 Å². The van der Waals surface area contributed by atoms with Gasteiger partial charge in [-0.25, -0.2) is 9.97 Å². The molecule has 0 fully saturated rings. The van der Waals surface area contributed by atoms with Crippen molar-refractivity contribution in [2.75, 3.05) is 0 Å². The smallest absolute Gasteiger partial charge is 0.322 e. The quantitative estimate of drug-likeness (QED) is 0.877. The molecule has 0 saturated heterocycles. The fourth-order valence-corrected chi connectivity index (χ4v) is 1.61. The fourth-order valence-electron chi connectivity index (χ4n) is 1.61. The molecule has 0 bridgehead atoms. The second-order valence-electron chi connectivity index (χ2n) is 3.85. The molecule has 0 radical (unpaired) electrons. The number of rotatable bonds is 3. The van der Waals surface area contributed by atoms with Gasteiger partial charge in [0, 0.05) is 23.5 Å². The Morgan fingerprint density at radius 1 is 1.12 bits per heavy atom. The van der Waals surface area contributed by atoms with Crippen molar-refractivity contribution in [2.45, 2.75) is 20.4 Å². The molecule has 0 amide bonds. The van der Waals surface area contributed by atoms with Crippen molar-refractivity contribution in [3.8, 4) is 11.8 Å². The Hall–Kier alpha value is -1.94. The first kappa shape index (κ1) is 11.5. The first-order chi connectivity index (χ1) is 8.19. The van der Waals surface area contributed by atoms with Gasteiger partial charge < -0.3 is 10.5 Å². The van der Waals surface area contributed by atoms with Gasteiger partial charge in [-0.3, -0.25) is 0 Å². The number of benzene rings is 1. The topological polar surface area (TPSA) is 61.0 Å². The molecule has 0 aliphatic rings. The van der Waals surface area contributed by atoms with Gasteiger partial charge >= 0.3 is 6.01 Å². The Balaban J connectivity index is 2.31. The van der Waals surface area contributed by atoms with Gasteiger partial charge in [-0.05, 0) is 26.0 Å². The summed E-state index contributed by atoms with van der Waals surface area (Å²) in [6, 6.07) is 9.89. The summed E-state index contributed by atoms with van der Waals surface area (Å²) < 4.78 is 5.66. The van der Waals surface area contributed by atoms with E-state index in [-0.39, 0.29) is 0 Å². The number of ether oxygens (including phenoxy) is 1. The highest BCUT2D eigenvalue weighted by molar-refractivity contribution is 5.35. The number of aryl methyl sites for hydroxylation is 2. The normalized spacial score (nSPS) is 10.3. The molecule has 2 N–H and O–H groups in total. The summed E-state index contributed by atoms with van der Waals surface area (Å²) in [5, 5.41) is 0. The van der Waals surface area contributed by atoms with Gasteiger partial charge in [0.05, 0.1) is 0 Å². The molecule has 0 spiro atoms. The molecular formula is C13H15N3O. The molecule has 0 atom stereocenters. The Morgan fingerprint density at radius 2 is 1.76 bits per heavy atom. The van der Waals surface area contributed by atoms with Gasteiger partial charge in [0.1, 0.15) is 5.75 Å². The summed E-state index contributed by atoms with van der Waals surface area (Å²) in [6.45, 7) is 4.26. The zero-order valence-corrected chi connectivity index (χ0v) is 9.97. The highest BCUT2D eigenvalue weighted by Crippen LogP contribution is 2.22. The van der Waals surface area contributed by atoms with Crippen LogP contribution in [0, 0.1) is 13.8 Å². The van der Waals surface area contributed by atoms with Crippen molar-refractivity contribution in [2.24, 2.45) is 5.73 Å². The number of hydrogen-bond donors (Lipinski definition) is 1. The van der Waals surface area contributed by atoms with Crippen molar-refractivity contribution in [3.05, 3.63) is 47.3 Å². The lowest BCUT2D eigenvalue weighted by Gasteiger charge is -2.08. The maximum Gasteiger partial charge on any atom is 0.322 e. The lowest BCUT2D eigenvalue weighted by molar-refractivity contribution is 0.434. The van der Waals surface area contributed by atoms with E-state index in [2.05, 4.69) is 9.97 Å². The summed E-state index contributed by atoms with van der Waals surface area (Å²) in [5.41, 5.74) is 8.36. The summed E-state index contributed by atoms with van der Waals surface area (Å²) in [4.78, 5) is 8.46. The van der Waals surface area contributed by atoms with Gasteiger partial charge in [0.25, 0.3) is 0 Å².